The molecular formula is C43H50FN11O4. The summed E-state index contributed by atoms with van der Waals surface area (Å²) in [7, 11) is 0. The number of anilines is 5. The number of hydrogen-bond acceptors (Lipinski definition) is 12. The number of rotatable bonds is 12. The largest absolute Gasteiger partial charge is 0.384 e. The first-order chi connectivity index (χ1) is 28.4. The van der Waals surface area contributed by atoms with Gasteiger partial charge in [-0.2, -0.15) is 4.98 Å². The van der Waals surface area contributed by atoms with E-state index in [-0.39, 0.29) is 36.2 Å². The fourth-order valence-corrected chi connectivity index (χ4v) is 8.17. The van der Waals surface area contributed by atoms with Crippen LogP contribution in [0, 0.1) is 11.7 Å². The number of fused-ring (bicyclic) bond motifs is 1. The van der Waals surface area contributed by atoms with Crippen molar-refractivity contribution in [3.8, 4) is 5.82 Å². The standard InChI is InChI=1S/C43H50FN11O4/c1-4-18-54-41(58)32-26-45-42(50-39(32)55(54)37-7-5-6-36(48-37)43(2,3)59)47-29-8-11-31(12-9-29)52-23-21-51(22-24-52)27-28-16-19-53(20-17-28)35-14-10-30(25-33(35)44)46-34-13-15-38(56)49-40(34)57/h4-12,14,25-26,28,34,46,59H,1,13,15-24,27H2,2-3H3,(H,45,47,50)(H,49,56,57)/t34-/m0/s1. The van der Waals surface area contributed by atoms with Crippen LogP contribution in [0.1, 0.15) is 45.2 Å². The van der Waals surface area contributed by atoms with Gasteiger partial charge in [-0.05, 0) is 93.6 Å². The van der Waals surface area contributed by atoms with E-state index in [0.29, 0.717) is 52.2 Å². The van der Waals surface area contributed by atoms with Crippen LogP contribution < -0.4 is 31.3 Å². The van der Waals surface area contributed by atoms with E-state index in [1.165, 1.54) is 16.9 Å². The summed E-state index contributed by atoms with van der Waals surface area (Å²) in [6.07, 6.45) is 5.79. The van der Waals surface area contributed by atoms with E-state index in [9.17, 15) is 19.5 Å². The molecule has 3 aliphatic heterocycles. The Morgan fingerprint density at radius 1 is 0.932 bits per heavy atom. The highest BCUT2D eigenvalue weighted by atomic mass is 19.1. The molecule has 4 N–H and O–H groups in total. The number of amides is 2. The quantitative estimate of drug-likeness (QED) is 0.103. The summed E-state index contributed by atoms with van der Waals surface area (Å²) < 4.78 is 18.4. The Bertz CT molecular complexity index is 2410. The smallest absolute Gasteiger partial charge is 0.278 e. The van der Waals surface area contributed by atoms with Gasteiger partial charge in [-0.3, -0.25) is 24.6 Å². The minimum atomic E-state index is -1.17. The Labute approximate surface area is 341 Å². The average Bonchev–Trinajstić information content (AvgIpc) is 3.49. The maximum absolute atomic E-state index is 15.2. The lowest BCUT2D eigenvalue weighted by molar-refractivity contribution is -0.133. The Hall–Kier alpha value is -6.13. The highest BCUT2D eigenvalue weighted by molar-refractivity contribution is 6.01. The zero-order valence-corrected chi connectivity index (χ0v) is 33.4. The van der Waals surface area contributed by atoms with Gasteiger partial charge in [0.15, 0.2) is 11.5 Å². The van der Waals surface area contributed by atoms with Gasteiger partial charge in [0, 0.05) is 75.5 Å². The van der Waals surface area contributed by atoms with Crippen LogP contribution in [0.25, 0.3) is 16.9 Å². The third-order valence-electron chi connectivity index (χ3n) is 11.4. The maximum atomic E-state index is 15.2. The number of halogens is 1. The molecule has 8 rings (SSSR count). The van der Waals surface area contributed by atoms with Crippen molar-refractivity contribution in [1.29, 1.82) is 0 Å². The number of pyridine rings is 1. The van der Waals surface area contributed by atoms with Gasteiger partial charge < -0.3 is 25.5 Å². The topological polar surface area (TPSA) is 166 Å². The molecule has 16 heteroatoms. The Morgan fingerprint density at radius 2 is 1.68 bits per heavy atom. The molecule has 308 valence electrons. The number of piperidine rings is 2. The van der Waals surface area contributed by atoms with Gasteiger partial charge >= 0.3 is 0 Å². The summed E-state index contributed by atoms with van der Waals surface area (Å²) >= 11 is 0. The summed E-state index contributed by atoms with van der Waals surface area (Å²) in [5.74, 6) is 0.343. The summed E-state index contributed by atoms with van der Waals surface area (Å²) in [6, 6.07) is 17.9. The second kappa shape index (κ2) is 16.6. The van der Waals surface area contributed by atoms with Crippen molar-refractivity contribution in [3.05, 3.63) is 101 Å². The van der Waals surface area contributed by atoms with Gasteiger partial charge in [0.25, 0.3) is 5.56 Å². The minimum Gasteiger partial charge on any atom is -0.384 e. The number of hydrogen-bond donors (Lipinski definition) is 4. The van der Waals surface area contributed by atoms with Gasteiger partial charge in [0.1, 0.15) is 22.8 Å². The first-order valence-electron chi connectivity index (χ1n) is 20.2. The SMILES string of the molecule is C=CCn1c(=O)c2cnc(Nc3ccc(N4CCN(CC5CCN(c6ccc(N[C@H]7CCC(=O)NC7=O)cc6F)CC5)CC4)cc3)nc2n1-c1cccc(C(C)(C)O)n1. The molecule has 6 heterocycles. The highest BCUT2D eigenvalue weighted by Gasteiger charge is 2.28. The highest BCUT2D eigenvalue weighted by Crippen LogP contribution is 2.30. The van der Waals surface area contributed by atoms with Crippen molar-refractivity contribution in [3.63, 3.8) is 0 Å². The molecule has 0 spiro atoms. The van der Waals surface area contributed by atoms with Crippen LogP contribution in [0.2, 0.25) is 0 Å². The number of carbonyl (C=O) groups is 2. The van der Waals surface area contributed by atoms with Crippen molar-refractivity contribution in [1.82, 2.24) is 34.5 Å². The number of imide groups is 1. The summed E-state index contributed by atoms with van der Waals surface area (Å²) in [4.78, 5) is 57.8. The molecule has 0 radical (unpaired) electrons. The Balaban J connectivity index is 0.838. The third kappa shape index (κ3) is 8.69. The second-order valence-electron chi connectivity index (χ2n) is 16.1. The zero-order chi connectivity index (χ0) is 41.3. The molecule has 59 heavy (non-hydrogen) atoms. The molecule has 0 aliphatic carbocycles. The summed E-state index contributed by atoms with van der Waals surface area (Å²) in [5.41, 5.74) is 2.45. The van der Waals surface area contributed by atoms with Crippen LogP contribution in [0.5, 0.6) is 0 Å². The van der Waals surface area contributed by atoms with Gasteiger partial charge in [-0.25, -0.2) is 23.7 Å². The van der Waals surface area contributed by atoms with Crippen LogP contribution >= 0.6 is 0 Å². The molecule has 0 saturated carbocycles. The predicted octanol–water partition coefficient (Wildman–Crippen LogP) is 4.53. The molecule has 3 aliphatic rings. The number of nitrogens with one attached hydrogen (secondary N) is 3. The van der Waals surface area contributed by atoms with Crippen molar-refractivity contribution in [2.24, 2.45) is 5.92 Å². The molecular weight excluding hydrogens is 754 g/mol. The lowest BCUT2D eigenvalue weighted by Crippen LogP contribution is -2.49. The predicted molar refractivity (Wildman–Crippen MR) is 226 cm³/mol. The minimum absolute atomic E-state index is 0.233. The third-order valence-corrected chi connectivity index (χ3v) is 11.4. The number of aliphatic hydroxyl groups is 1. The summed E-state index contributed by atoms with van der Waals surface area (Å²) in [6.45, 7) is 13.7. The molecule has 15 nitrogen and oxygen atoms in total. The number of allylic oxidation sites excluding steroid dienone is 1. The van der Waals surface area contributed by atoms with Gasteiger partial charge in [-0.15, -0.1) is 6.58 Å². The van der Waals surface area contributed by atoms with Crippen LogP contribution in [0.3, 0.4) is 0 Å². The van der Waals surface area contributed by atoms with E-state index in [4.69, 9.17) is 4.98 Å². The fraction of sp³-hybridized carbons (Fsp3) is 0.395. The number of nitrogens with zero attached hydrogens (tertiary/aromatic N) is 8. The van der Waals surface area contributed by atoms with Crippen molar-refractivity contribution in [2.75, 3.05) is 66.2 Å². The van der Waals surface area contributed by atoms with E-state index in [0.717, 1.165) is 70.0 Å². The molecule has 2 amide bonds. The number of aromatic nitrogens is 5. The van der Waals surface area contributed by atoms with Crippen molar-refractivity contribution < 1.29 is 19.1 Å². The second-order valence-corrected chi connectivity index (χ2v) is 16.1. The monoisotopic (exact) mass is 803 g/mol. The van der Waals surface area contributed by atoms with Crippen LogP contribution in [-0.2, 0) is 21.7 Å². The van der Waals surface area contributed by atoms with Gasteiger partial charge in [0.05, 0.1) is 17.9 Å². The van der Waals surface area contributed by atoms with Gasteiger partial charge in [-0.1, -0.05) is 12.1 Å². The molecule has 0 unspecified atom stereocenters. The first kappa shape index (κ1) is 39.7. The number of piperazine rings is 1. The lowest BCUT2D eigenvalue weighted by atomic mass is 9.95. The number of benzene rings is 2. The molecule has 3 aromatic heterocycles. The van der Waals surface area contributed by atoms with Crippen molar-refractivity contribution >= 4 is 51.5 Å². The van der Waals surface area contributed by atoms with Crippen LogP contribution in [0.4, 0.5) is 33.1 Å². The zero-order valence-electron chi connectivity index (χ0n) is 33.4. The molecule has 2 aromatic carbocycles. The molecule has 1 atom stereocenters. The Morgan fingerprint density at radius 3 is 2.37 bits per heavy atom. The van der Waals surface area contributed by atoms with Gasteiger partial charge in [0.2, 0.25) is 17.8 Å². The van der Waals surface area contributed by atoms with E-state index in [1.54, 1.807) is 54.9 Å². The maximum Gasteiger partial charge on any atom is 0.278 e. The van der Waals surface area contributed by atoms with Crippen LogP contribution in [0.15, 0.2) is 84.3 Å². The molecule has 3 fully saturated rings. The van der Waals surface area contributed by atoms with E-state index >= 15 is 4.39 Å². The Kier molecular flexibility index (Phi) is 11.2. The van der Waals surface area contributed by atoms with Crippen molar-refractivity contribution in [2.45, 2.75) is 57.7 Å². The lowest BCUT2D eigenvalue weighted by Gasteiger charge is -2.40. The molecule has 5 aromatic rings. The molecule has 0 bridgehead atoms. The first-order valence-corrected chi connectivity index (χ1v) is 20.2. The van der Waals surface area contributed by atoms with E-state index in [2.05, 4.69) is 59.3 Å². The van der Waals surface area contributed by atoms with E-state index < -0.39 is 11.6 Å². The van der Waals surface area contributed by atoms with E-state index in [1.807, 2.05) is 12.1 Å². The number of carbonyl (C=O) groups excluding carboxylic acids is 2. The molecule has 3 saturated heterocycles. The van der Waals surface area contributed by atoms with Crippen LogP contribution in [-0.4, -0.2) is 98.0 Å². The fourth-order valence-electron chi connectivity index (χ4n) is 8.17. The summed E-state index contributed by atoms with van der Waals surface area (Å²) in [5, 5.41) is 19.6. The average molecular weight is 804 g/mol. The normalized spacial score (nSPS) is 18.3.